The molecule has 2 fully saturated rings. The molecule has 54 valence electrons. The lowest BCUT2D eigenvalue weighted by Crippen LogP contribution is -1.99. The molecule has 0 spiro atoms. The van der Waals surface area contributed by atoms with Crippen molar-refractivity contribution < 1.29 is 19.6 Å². The van der Waals surface area contributed by atoms with Gasteiger partial charge in [0.1, 0.15) is 0 Å². The van der Waals surface area contributed by atoms with Crippen LogP contribution in [-0.4, -0.2) is 31.2 Å². The van der Waals surface area contributed by atoms with Crippen LogP contribution in [-0.2, 0) is 14.5 Å². The third-order valence-corrected chi connectivity index (χ3v) is 0.831. The number of ether oxygens (including phenoxy) is 1. The summed E-state index contributed by atoms with van der Waals surface area (Å²) in [6.07, 6.45) is -0.0787. The summed E-state index contributed by atoms with van der Waals surface area (Å²) in [6.45, 7) is 2.52. The number of hydrogen-bond donors (Lipinski definition) is 1. The molecule has 1 unspecified atom stereocenters. The minimum atomic E-state index is -0.676. The Morgan fingerprint density at radius 1 is 1.22 bits per heavy atom. The largest absolute Gasteiger partial charge is 0.377 e. The van der Waals surface area contributed by atoms with Crippen LogP contribution >= 0.6 is 0 Å². The Morgan fingerprint density at radius 3 is 2.00 bits per heavy atom. The zero-order valence-corrected chi connectivity index (χ0v) is 5.08. The molecular weight excluding hydrogens is 124 g/mol. The predicted octanol–water partition coefficient (Wildman–Crippen LogP) is -0.327. The molecule has 0 radical (unpaired) electrons. The van der Waals surface area contributed by atoms with Crippen LogP contribution in [0.4, 0.5) is 0 Å². The van der Waals surface area contributed by atoms with Crippen molar-refractivity contribution in [3.05, 3.63) is 0 Å². The van der Waals surface area contributed by atoms with E-state index in [0.717, 1.165) is 13.2 Å². The van der Waals surface area contributed by atoms with Gasteiger partial charge in [0.25, 0.3) is 0 Å². The van der Waals surface area contributed by atoms with E-state index in [1.807, 2.05) is 0 Å². The highest BCUT2D eigenvalue weighted by Gasteiger charge is 2.11. The number of hydrogen-bond acceptors (Lipinski definition) is 4. The maximum Gasteiger partial charge on any atom is 0.191 e. The van der Waals surface area contributed by atoms with Crippen LogP contribution in [0.1, 0.15) is 6.42 Å². The molecule has 0 bridgehead atoms. The number of rotatable bonds is 0. The van der Waals surface area contributed by atoms with E-state index >= 15 is 0 Å². The molecule has 4 nitrogen and oxygen atoms in total. The Kier molecular flexibility index (Phi) is 2.93. The second kappa shape index (κ2) is 3.79. The summed E-state index contributed by atoms with van der Waals surface area (Å²) in [5.41, 5.74) is 0. The van der Waals surface area contributed by atoms with Gasteiger partial charge in [0.15, 0.2) is 6.29 Å². The van der Waals surface area contributed by atoms with Crippen molar-refractivity contribution in [3.8, 4) is 0 Å². The first-order valence-corrected chi connectivity index (χ1v) is 2.93. The first-order valence-electron chi connectivity index (χ1n) is 2.93. The van der Waals surface area contributed by atoms with Gasteiger partial charge in [-0.15, -0.1) is 0 Å². The van der Waals surface area contributed by atoms with E-state index in [0.29, 0.717) is 13.0 Å². The van der Waals surface area contributed by atoms with E-state index in [2.05, 4.69) is 14.5 Å². The Hall–Kier alpha value is -0.160. The molecule has 0 aromatic carbocycles. The molecule has 2 aliphatic heterocycles. The van der Waals surface area contributed by atoms with Crippen molar-refractivity contribution in [2.24, 2.45) is 0 Å². The van der Waals surface area contributed by atoms with Gasteiger partial charge in [-0.25, -0.2) is 9.78 Å². The maximum absolute atomic E-state index is 8.38. The molecule has 2 rings (SSSR count). The average molecular weight is 134 g/mol. The fourth-order valence-corrected chi connectivity index (χ4v) is 0.324. The summed E-state index contributed by atoms with van der Waals surface area (Å²) in [5.74, 6) is 0. The van der Waals surface area contributed by atoms with E-state index in [9.17, 15) is 0 Å². The molecular formula is C5H10O4. The van der Waals surface area contributed by atoms with Gasteiger partial charge in [-0.2, -0.15) is 0 Å². The van der Waals surface area contributed by atoms with Crippen LogP contribution in [0.2, 0.25) is 0 Å². The highest BCUT2D eigenvalue weighted by Crippen LogP contribution is 2.02. The predicted molar refractivity (Wildman–Crippen MR) is 28.5 cm³/mol. The van der Waals surface area contributed by atoms with Gasteiger partial charge < -0.3 is 9.84 Å². The first kappa shape index (κ1) is 6.95. The summed E-state index contributed by atoms with van der Waals surface area (Å²) in [7, 11) is 0. The zero-order chi connectivity index (χ0) is 6.53. The van der Waals surface area contributed by atoms with Crippen LogP contribution in [0, 0.1) is 0 Å². The second-order valence-corrected chi connectivity index (χ2v) is 1.77. The van der Waals surface area contributed by atoms with E-state index < -0.39 is 6.29 Å². The number of aliphatic hydroxyl groups is 1. The lowest BCUT2D eigenvalue weighted by Gasteiger charge is -1.90. The van der Waals surface area contributed by atoms with Crippen LogP contribution < -0.4 is 0 Å². The molecule has 9 heavy (non-hydrogen) atoms. The second-order valence-electron chi connectivity index (χ2n) is 1.77. The van der Waals surface area contributed by atoms with Gasteiger partial charge in [-0.05, 0) is 0 Å². The Balaban J connectivity index is 0.000000112. The highest BCUT2D eigenvalue weighted by molar-refractivity contribution is 4.39. The van der Waals surface area contributed by atoms with Crippen LogP contribution in [0.25, 0.3) is 0 Å². The SMILES string of the molecule is C1CO1.OC1CCOO1. The third-order valence-electron chi connectivity index (χ3n) is 0.831. The number of epoxide rings is 1. The lowest BCUT2D eigenvalue weighted by atomic mass is 10.5. The minimum Gasteiger partial charge on any atom is -0.377 e. The fourth-order valence-electron chi connectivity index (χ4n) is 0.324. The van der Waals surface area contributed by atoms with Crippen LogP contribution in [0.3, 0.4) is 0 Å². The topological polar surface area (TPSA) is 51.2 Å². The van der Waals surface area contributed by atoms with Gasteiger partial charge in [0.05, 0.1) is 19.8 Å². The van der Waals surface area contributed by atoms with Crippen molar-refractivity contribution in [2.75, 3.05) is 19.8 Å². The third kappa shape index (κ3) is 4.35. The summed E-state index contributed by atoms with van der Waals surface area (Å²) < 4.78 is 4.50. The summed E-state index contributed by atoms with van der Waals surface area (Å²) in [6, 6.07) is 0. The Labute approximate surface area is 53.3 Å². The standard InChI is InChI=1S/C3H6O3.C2H4O/c4-3-1-2-5-6-3;1-2-3-1/h3-4H,1-2H2;1-2H2. The van der Waals surface area contributed by atoms with E-state index in [-0.39, 0.29) is 0 Å². The molecule has 2 aliphatic rings. The Bertz CT molecular complexity index is 64.6. The van der Waals surface area contributed by atoms with Gasteiger partial charge >= 0.3 is 0 Å². The van der Waals surface area contributed by atoms with E-state index in [4.69, 9.17) is 5.11 Å². The van der Waals surface area contributed by atoms with E-state index in [1.54, 1.807) is 0 Å². The van der Waals surface area contributed by atoms with Gasteiger partial charge in [-0.1, -0.05) is 0 Å². The molecule has 4 heteroatoms. The summed E-state index contributed by atoms with van der Waals surface area (Å²) >= 11 is 0. The van der Waals surface area contributed by atoms with Gasteiger partial charge in [-0.3, -0.25) is 0 Å². The molecule has 2 saturated heterocycles. The monoisotopic (exact) mass is 134 g/mol. The molecule has 0 aliphatic carbocycles. The first-order chi connectivity index (χ1) is 4.39. The van der Waals surface area contributed by atoms with Gasteiger partial charge in [0.2, 0.25) is 0 Å². The lowest BCUT2D eigenvalue weighted by molar-refractivity contribution is -0.317. The van der Waals surface area contributed by atoms with Crippen molar-refractivity contribution in [1.82, 2.24) is 0 Å². The normalized spacial score (nSPS) is 31.0. The fraction of sp³-hybridized carbons (Fsp3) is 1.00. The summed E-state index contributed by atoms with van der Waals surface area (Å²) in [5, 5.41) is 8.38. The molecule has 2 heterocycles. The van der Waals surface area contributed by atoms with Crippen molar-refractivity contribution in [3.63, 3.8) is 0 Å². The zero-order valence-electron chi connectivity index (χ0n) is 5.08. The highest BCUT2D eigenvalue weighted by atomic mass is 17.2. The molecule has 0 aromatic rings. The quantitative estimate of drug-likeness (QED) is 0.364. The van der Waals surface area contributed by atoms with Crippen LogP contribution in [0.15, 0.2) is 0 Å². The maximum atomic E-state index is 8.38. The number of aliphatic hydroxyl groups excluding tert-OH is 1. The smallest absolute Gasteiger partial charge is 0.191 e. The van der Waals surface area contributed by atoms with Crippen molar-refractivity contribution in [2.45, 2.75) is 12.7 Å². The molecule has 0 aromatic heterocycles. The molecule has 0 amide bonds. The Morgan fingerprint density at radius 2 is 1.89 bits per heavy atom. The molecule has 0 saturated carbocycles. The van der Waals surface area contributed by atoms with Crippen LogP contribution in [0.5, 0.6) is 0 Å². The van der Waals surface area contributed by atoms with Crippen molar-refractivity contribution >= 4 is 0 Å². The summed E-state index contributed by atoms with van der Waals surface area (Å²) in [4.78, 5) is 8.52. The molecule has 1 N–H and O–H groups in total. The minimum absolute atomic E-state index is 0.515. The molecule has 1 atom stereocenters. The van der Waals surface area contributed by atoms with E-state index in [1.165, 1.54) is 0 Å². The van der Waals surface area contributed by atoms with Crippen molar-refractivity contribution in [1.29, 1.82) is 0 Å². The van der Waals surface area contributed by atoms with Gasteiger partial charge in [0, 0.05) is 6.42 Å². The average Bonchev–Trinajstić information content (AvgIpc) is 2.64.